The first-order valence-corrected chi connectivity index (χ1v) is 9.20. The third kappa shape index (κ3) is 15.7. The van der Waals surface area contributed by atoms with Crippen molar-refractivity contribution in [2.24, 2.45) is 5.73 Å². The molecular formula is C18H34ClNO. The fraction of sp³-hybridized carbons (Fsp3) is 0.833. The van der Waals surface area contributed by atoms with E-state index in [1.165, 1.54) is 64.2 Å². The molecule has 3 heteroatoms. The van der Waals surface area contributed by atoms with Crippen LogP contribution in [0.4, 0.5) is 0 Å². The molecule has 0 aromatic heterocycles. The standard InChI is InChI=1S/C18H34ClNO/c1-2-3-4-5-6-7-8-9-10-11-12-13-14-15-16-17(19)18(20)21/h9-10,17H,2-8,11-16H2,1H3,(H2,20,21). The van der Waals surface area contributed by atoms with Crippen molar-refractivity contribution in [2.75, 3.05) is 0 Å². The number of alkyl halides is 1. The van der Waals surface area contributed by atoms with E-state index in [1.54, 1.807) is 0 Å². The number of carbonyl (C=O) groups is 1. The van der Waals surface area contributed by atoms with E-state index >= 15 is 0 Å². The third-order valence-electron chi connectivity index (χ3n) is 3.78. The van der Waals surface area contributed by atoms with Crippen molar-refractivity contribution in [1.82, 2.24) is 0 Å². The van der Waals surface area contributed by atoms with Gasteiger partial charge in [0.1, 0.15) is 5.38 Å². The molecule has 2 N–H and O–H groups in total. The average molecular weight is 316 g/mol. The number of unbranched alkanes of at least 4 members (excludes halogenated alkanes) is 10. The highest BCUT2D eigenvalue weighted by atomic mass is 35.5. The molecule has 0 aromatic carbocycles. The van der Waals surface area contributed by atoms with Crippen molar-refractivity contribution in [3.63, 3.8) is 0 Å². The first-order chi connectivity index (χ1) is 10.2. The largest absolute Gasteiger partial charge is 0.368 e. The second-order valence-corrected chi connectivity index (χ2v) is 6.42. The van der Waals surface area contributed by atoms with Gasteiger partial charge in [0.2, 0.25) is 5.91 Å². The van der Waals surface area contributed by atoms with E-state index in [0.29, 0.717) is 6.42 Å². The molecule has 1 amide bonds. The Balaban J connectivity index is 3.17. The van der Waals surface area contributed by atoms with E-state index in [9.17, 15) is 4.79 Å². The first-order valence-electron chi connectivity index (χ1n) is 8.76. The lowest BCUT2D eigenvalue weighted by atomic mass is 10.1. The van der Waals surface area contributed by atoms with Crippen LogP contribution in [0, 0.1) is 0 Å². The van der Waals surface area contributed by atoms with Gasteiger partial charge >= 0.3 is 0 Å². The molecule has 124 valence electrons. The highest BCUT2D eigenvalue weighted by Crippen LogP contribution is 2.11. The average Bonchev–Trinajstić information content (AvgIpc) is 2.47. The molecule has 0 radical (unpaired) electrons. The van der Waals surface area contributed by atoms with Gasteiger partial charge in [-0.15, -0.1) is 11.6 Å². The number of rotatable bonds is 15. The molecule has 0 saturated heterocycles. The van der Waals surface area contributed by atoms with Crippen LogP contribution in [0.3, 0.4) is 0 Å². The normalized spacial score (nSPS) is 12.9. The van der Waals surface area contributed by atoms with Gasteiger partial charge < -0.3 is 5.73 Å². The number of hydrogen-bond donors (Lipinski definition) is 1. The predicted octanol–water partition coefficient (Wildman–Crippen LogP) is 5.73. The predicted molar refractivity (Wildman–Crippen MR) is 93.7 cm³/mol. The van der Waals surface area contributed by atoms with Gasteiger partial charge in [-0.05, 0) is 32.1 Å². The molecule has 2 nitrogen and oxygen atoms in total. The number of amides is 1. The smallest absolute Gasteiger partial charge is 0.235 e. The minimum atomic E-state index is -0.484. The summed E-state index contributed by atoms with van der Waals surface area (Å²) in [7, 11) is 0. The van der Waals surface area contributed by atoms with Gasteiger partial charge in [-0.1, -0.05) is 70.4 Å². The van der Waals surface area contributed by atoms with E-state index < -0.39 is 11.3 Å². The Hall–Kier alpha value is -0.500. The fourth-order valence-corrected chi connectivity index (χ4v) is 2.51. The van der Waals surface area contributed by atoms with Gasteiger partial charge in [0.25, 0.3) is 0 Å². The van der Waals surface area contributed by atoms with Crippen molar-refractivity contribution in [2.45, 2.75) is 95.8 Å². The lowest BCUT2D eigenvalue weighted by molar-refractivity contribution is -0.117. The maximum atomic E-state index is 10.7. The van der Waals surface area contributed by atoms with Crippen molar-refractivity contribution in [1.29, 1.82) is 0 Å². The zero-order valence-corrected chi connectivity index (χ0v) is 14.5. The van der Waals surface area contributed by atoms with Gasteiger partial charge in [0.15, 0.2) is 0 Å². The summed E-state index contributed by atoms with van der Waals surface area (Å²) in [6.45, 7) is 2.26. The van der Waals surface area contributed by atoms with Gasteiger partial charge in [0.05, 0.1) is 0 Å². The molecule has 0 fully saturated rings. The Kier molecular flexibility index (Phi) is 15.5. The molecule has 0 bridgehead atoms. The molecule has 0 spiro atoms. The van der Waals surface area contributed by atoms with Crippen LogP contribution in [-0.2, 0) is 4.79 Å². The van der Waals surface area contributed by atoms with E-state index in [2.05, 4.69) is 19.1 Å². The fourth-order valence-electron chi connectivity index (χ4n) is 2.36. The van der Waals surface area contributed by atoms with Crippen molar-refractivity contribution in [3.05, 3.63) is 12.2 Å². The number of nitrogens with two attached hydrogens (primary N) is 1. The molecule has 1 unspecified atom stereocenters. The minimum Gasteiger partial charge on any atom is -0.368 e. The van der Waals surface area contributed by atoms with Crippen molar-refractivity contribution < 1.29 is 4.79 Å². The zero-order valence-electron chi connectivity index (χ0n) is 13.8. The van der Waals surface area contributed by atoms with Crippen LogP contribution < -0.4 is 5.73 Å². The Morgan fingerprint density at radius 1 is 0.905 bits per heavy atom. The topological polar surface area (TPSA) is 43.1 Å². The van der Waals surface area contributed by atoms with Crippen LogP contribution >= 0.6 is 11.6 Å². The molecule has 0 aliphatic carbocycles. The maximum absolute atomic E-state index is 10.7. The highest BCUT2D eigenvalue weighted by molar-refractivity contribution is 6.30. The first kappa shape index (κ1) is 20.5. The van der Waals surface area contributed by atoms with Gasteiger partial charge in [-0.25, -0.2) is 0 Å². The van der Waals surface area contributed by atoms with E-state index in [0.717, 1.165) is 12.8 Å². The quantitative estimate of drug-likeness (QED) is 0.234. The van der Waals surface area contributed by atoms with Gasteiger partial charge in [-0.3, -0.25) is 4.79 Å². The number of allylic oxidation sites excluding steroid dienone is 2. The monoisotopic (exact) mass is 315 g/mol. The van der Waals surface area contributed by atoms with Crippen LogP contribution in [0.15, 0.2) is 12.2 Å². The van der Waals surface area contributed by atoms with Crippen LogP contribution in [0.1, 0.15) is 90.4 Å². The molecular weight excluding hydrogens is 282 g/mol. The molecule has 0 rings (SSSR count). The molecule has 21 heavy (non-hydrogen) atoms. The number of hydrogen-bond acceptors (Lipinski definition) is 1. The summed E-state index contributed by atoms with van der Waals surface area (Å²) in [5, 5.41) is -0.484. The Labute approximate surface area is 136 Å². The lowest BCUT2D eigenvalue weighted by Gasteiger charge is -2.04. The van der Waals surface area contributed by atoms with Gasteiger partial charge in [0, 0.05) is 0 Å². The summed E-state index contributed by atoms with van der Waals surface area (Å²) in [5.41, 5.74) is 5.11. The number of halogens is 1. The van der Waals surface area contributed by atoms with Crippen LogP contribution in [0.5, 0.6) is 0 Å². The van der Waals surface area contributed by atoms with Crippen molar-refractivity contribution in [3.8, 4) is 0 Å². The Bertz CT molecular complexity index is 266. The summed E-state index contributed by atoms with van der Waals surface area (Å²) in [4.78, 5) is 10.7. The summed E-state index contributed by atoms with van der Waals surface area (Å²) in [5.74, 6) is -0.394. The number of primary amides is 1. The molecule has 0 aliphatic rings. The second kappa shape index (κ2) is 15.9. The van der Waals surface area contributed by atoms with Crippen LogP contribution in [-0.4, -0.2) is 11.3 Å². The molecule has 1 atom stereocenters. The molecule has 0 saturated carbocycles. The highest BCUT2D eigenvalue weighted by Gasteiger charge is 2.09. The SMILES string of the molecule is CCCCCCCCC=CCCCCCCC(Cl)C(N)=O. The third-order valence-corrected chi connectivity index (χ3v) is 4.21. The van der Waals surface area contributed by atoms with E-state index in [1.807, 2.05) is 0 Å². The van der Waals surface area contributed by atoms with E-state index in [4.69, 9.17) is 17.3 Å². The summed E-state index contributed by atoms with van der Waals surface area (Å²) in [6.07, 6.45) is 20.6. The summed E-state index contributed by atoms with van der Waals surface area (Å²) in [6, 6.07) is 0. The van der Waals surface area contributed by atoms with Crippen molar-refractivity contribution >= 4 is 17.5 Å². The molecule has 0 aromatic rings. The second-order valence-electron chi connectivity index (χ2n) is 5.89. The molecule has 0 heterocycles. The number of carbonyl (C=O) groups excluding carboxylic acids is 1. The van der Waals surface area contributed by atoms with Crippen LogP contribution in [0.2, 0.25) is 0 Å². The minimum absolute atomic E-state index is 0.394. The van der Waals surface area contributed by atoms with Gasteiger partial charge in [-0.2, -0.15) is 0 Å². The Morgan fingerprint density at radius 2 is 1.38 bits per heavy atom. The lowest BCUT2D eigenvalue weighted by Crippen LogP contribution is -2.23. The van der Waals surface area contributed by atoms with E-state index in [-0.39, 0.29) is 0 Å². The summed E-state index contributed by atoms with van der Waals surface area (Å²) >= 11 is 5.78. The van der Waals surface area contributed by atoms with Crippen LogP contribution in [0.25, 0.3) is 0 Å². The maximum Gasteiger partial charge on any atom is 0.235 e. The zero-order chi connectivity index (χ0) is 15.8. The summed E-state index contributed by atoms with van der Waals surface area (Å²) < 4.78 is 0. The Morgan fingerprint density at radius 3 is 1.90 bits per heavy atom. The molecule has 0 aliphatic heterocycles.